The van der Waals surface area contributed by atoms with Gasteiger partial charge in [-0.15, -0.1) is 0 Å². The lowest BCUT2D eigenvalue weighted by molar-refractivity contribution is -0.890. The normalized spacial score (nSPS) is 14.0. The van der Waals surface area contributed by atoms with Crippen molar-refractivity contribution in [2.75, 3.05) is 104 Å². The van der Waals surface area contributed by atoms with E-state index in [2.05, 4.69) is 45.6 Å². The van der Waals surface area contributed by atoms with Gasteiger partial charge in [-0.3, -0.25) is 19.2 Å². The summed E-state index contributed by atoms with van der Waals surface area (Å²) in [6.45, 7) is 25.6. The van der Waals surface area contributed by atoms with E-state index in [1.807, 2.05) is 28.2 Å². The van der Waals surface area contributed by atoms with E-state index in [0.29, 0.717) is 96.1 Å². The Balaban J connectivity index is 0.000000558. The average molecular weight is 1560 g/mol. The van der Waals surface area contributed by atoms with Crippen molar-refractivity contribution < 1.29 is 98.7 Å². The van der Waals surface area contributed by atoms with Crippen molar-refractivity contribution >= 4 is 91.1 Å². The van der Waals surface area contributed by atoms with Gasteiger partial charge in [0.1, 0.15) is 0 Å². The number of rotatable bonds is 42. The first-order valence-corrected chi connectivity index (χ1v) is 39.0. The van der Waals surface area contributed by atoms with E-state index in [1.54, 1.807) is 48.5 Å². The first-order valence-electron chi connectivity index (χ1n) is 32.9. The van der Waals surface area contributed by atoms with Gasteiger partial charge >= 0.3 is 0 Å². The fourth-order valence-corrected chi connectivity index (χ4v) is 14.5. The number of carbonyl (C=O) groups excluding carboxylic acids is 4. The number of ether oxygens (including phenoxy) is 2. The molecule has 2 N–H and O–H groups in total. The predicted octanol–water partition coefficient (Wildman–Crippen LogP) is 13.5. The van der Waals surface area contributed by atoms with Crippen molar-refractivity contribution in [1.29, 1.82) is 0 Å². The lowest BCUT2D eigenvalue weighted by Gasteiger charge is -2.33. The van der Waals surface area contributed by atoms with Crippen LogP contribution in [0.4, 0.5) is 35.1 Å². The van der Waals surface area contributed by atoms with Crippen molar-refractivity contribution in [2.24, 2.45) is 0 Å². The standard InChI is InChI=1S/C42H51F4N3O7S3.C28H43F4N3O5S3/c1-41(2,47-4)27-31(32-33(43)35(45)37(36(46)34(32)44)56-24-13-14-25-57-38(50)29-17-9-7-10-18-29)28-42(3,58-39(51)30-19-11-8-12-20-30)40(52)48-21-15-22-49(5,6)23-16-26-59(53,54)55;1-27(2,33-4)17-19(20-21(29)23(31)25(24(32)22(20)30)40-14-7-8-15-41)18-28(3,42)26(36)34-11-9-12-35(5,6)13-10-16-43(37,38)39/h7-12,17-20,31H,13-16,21-28H2,1-3,5-6H3,(H-,48,52,53,54,55);19H,7-18H2,1-3,5-6H3,(H3-,34,36,37,38,39,41,42). The first-order chi connectivity index (χ1) is 47.3. The van der Waals surface area contributed by atoms with Crippen molar-refractivity contribution in [2.45, 2.75) is 151 Å². The van der Waals surface area contributed by atoms with Crippen LogP contribution in [0.2, 0.25) is 0 Å². The van der Waals surface area contributed by atoms with Crippen LogP contribution in [0.5, 0.6) is 11.5 Å². The maximum atomic E-state index is 16.1. The molecule has 18 nitrogen and oxygen atoms in total. The van der Waals surface area contributed by atoms with E-state index >= 15 is 26.3 Å². The molecule has 4 atom stereocenters. The monoisotopic (exact) mass is 1550 g/mol. The topological polar surface area (TPSA) is 234 Å². The molecule has 568 valence electrons. The minimum atomic E-state index is -4.37. The number of nitrogens with zero attached hydrogens (tertiary/aromatic N) is 4. The van der Waals surface area contributed by atoms with E-state index < -0.39 is 157 Å². The molecular formula is C70H94F8N6O12S6. The second kappa shape index (κ2) is 40.7. The van der Waals surface area contributed by atoms with Crippen LogP contribution < -0.4 is 20.1 Å². The molecule has 0 aliphatic rings. The number of hydrogen-bond acceptors (Lipinski definition) is 16. The third-order valence-electron chi connectivity index (χ3n) is 16.6. The summed E-state index contributed by atoms with van der Waals surface area (Å²) in [5, 5.41) is 4.78. The largest absolute Gasteiger partial charge is 0.748 e. The fourth-order valence-electron chi connectivity index (χ4n) is 11.1. The molecule has 0 radical (unpaired) electrons. The molecule has 2 amide bonds. The minimum absolute atomic E-state index is 0.0777. The number of thioether (sulfide) groups is 2. The summed E-state index contributed by atoms with van der Waals surface area (Å²) >= 11 is 10.1. The van der Waals surface area contributed by atoms with Crippen LogP contribution in [0.1, 0.15) is 162 Å². The molecule has 0 aromatic heterocycles. The third-order valence-corrected chi connectivity index (χ3v) is 21.1. The molecule has 0 heterocycles. The second-order valence-electron chi connectivity index (χ2n) is 27.9. The van der Waals surface area contributed by atoms with Crippen LogP contribution in [0.25, 0.3) is 9.69 Å². The zero-order valence-corrected chi connectivity index (χ0v) is 64.2. The van der Waals surface area contributed by atoms with E-state index in [0.717, 1.165) is 11.8 Å². The molecule has 0 spiro atoms. The van der Waals surface area contributed by atoms with Gasteiger partial charge in [0.2, 0.25) is 56.4 Å². The van der Waals surface area contributed by atoms with Gasteiger partial charge in [-0.25, -0.2) is 47.5 Å². The number of carbonyl (C=O) groups is 4. The third kappa shape index (κ3) is 30.4. The molecule has 4 rings (SSSR count). The van der Waals surface area contributed by atoms with Gasteiger partial charge in [-0.1, -0.05) is 84.2 Å². The summed E-state index contributed by atoms with van der Waals surface area (Å²) in [5.41, 5.74) is -3.70. The Morgan fingerprint density at radius 2 is 0.892 bits per heavy atom. The van der Waals surface area contributed by atoms with Crippen molar-refractivity contribution in [3.63, 3.8) is 0 Å². The highest BCUT2D eigenvalue weighted by Crippen LogP contribution is 2.46. The van der Waals surface area contributed by atoms with Gasteiger partial charge in [0.15, 0.2) is 34.8 Å². The van der Waals surface area contributed by atoms with Gasteiger partial charge in [0.25, 0.3) is 0 Å². The number of unbranched alkanes of at least 4 members (excludes halogenated alkanes) is 2. The summed E-state index contributed by atoms with van der Waals surface area (Å²) in [6.07, 6.45) is 1.31. The molecule has 0 aliphatic heterocycles. The molecule has 0 aliphatic carbocycles. The summed E-state index contributed by atoms with van der Waals surface area (Å²) in [6, 6.07) is 16.6. The molecule has 4 aromatic carbocycles. The molecule has 0 saturated heterocycles. The van der Waals surface area contributed by atoms with Crippen LogP contribution >= 0.6 is 48.8 Å². The summed E-state index contributed by atoms with van der Waals surface area (Å²) < 4.78 is 198. The smallest absolute Gasteiger partial charge is 0.236 e. The van der Waals surface area contributed by atoms with Crippen LogP contribution in [0.15, 0.2) is 60.7 Å². The van der Waals surface area contributed by atoms with Crippen molar-refractivity contribution in [1.82, 2.24) is 10.6 Å². The molecule has 102 heavy (non-hydrogen) atoms. The number of nitrogens with one attached hydrogen (secondary N) is 2. The highest BCUT2D eigenvalue weighted by atomic mass is 32.2. The number of halogens is 8. The Hall–Kier alpha value is -5.68. The second-order valence-corrected chi connectivity index (χ2v) is 34.9. The summed E-state index contributed by atoms with van der Waals surface area (Å²) in [5.74, 6) is -20.4. The fraction of sp³-hybridized carbons (Fsp3) is 0.571. The number of amides is 2. The van der Waals surface area contributed by atoms with E-state index in [4.69, 9.17) is 22.6 Å². The molecule has 4 aromatic rings. The Kier molecular flexibility index (Phi) is 36.1. The minimum Gasteiger partial charge on any atom is -0.748 e. The van der Waals surface area contributed by atoms with Crippen molar-refractivity contribution in [3.05, 3.63) is 152 Å². The van der Waals surface area contributed by atoms with Crippen molar-refractivity contribution in [3.8, 4) is 11.5 Å². The average Bonchev–Trinajstić information content (AvgIpc) is 0.773. The van der Waals surface area contributed by atoms with Gasteiger partial charge in [-0.2, -0.15) is 42.8 Å². The van der Waals surface area contributed by atoms with E-state index in [1.165, 1.54) is 53.7 Å². The Morgan fingerprint density at radius 3 is 1.27 bits per heavy atom. The predicted molar refractivity (Wildman–Crippen MR) is 386 cm³/mol. The number of hydrogen-bond donors (Lipinski definition) is 4. The van der Waals surface area contributed by atoms with Crippen LogP contribution in [-0.4, -0.2) is 181 Å². The molecule has 0 saturated carbocycles. The summed E-state index contributed by atoms with van der Waals surface area (Å²) in [4.78, 5) is 60.1. The quantitative estimate of drug-likeness (QED) is 0.00615. The lowest BCUT2D eigenvalue weighted by Crippen LogP contribution is -2.46. The van der Waals surface area contributed by atoms with E-state index in [9.17, 15) is 53.9 Å². The lowest BCUT2D eigenvalue weighted by atomic mass is 9.79. The van der Waals surface area contributed by atoms with Crippen LogP contribution in [0.3, 0.4) is 0 Å². The van der Waals surface area contributed by atoms with Gasteiger partial charge in [0.05, 0.1) is 97.3 Å². The number of thiol groups is 2. The zero-order chi connectivity index (χ0) is 77.2. The highest BCUT2D eigenvalue weighted by Gasteiger charge is 2.46. The molecule has 4 unspecified atom stereocenters. The molecule has 0 bridgehead atoms. The molecule has 0 fully saturated rings. The maximum absolute atomic E-state index is 16.1. The first kappa shape index (κ1) is 90.5. The summed E-state index contributed by atoms with van der Waals surface area (Å²) in [7, 11) is -1.31. The SMILES string of the molecule is [C-]#[N+]C(C)(C)CC(CC(C)(S)C(=O)NCCC[N+](C)(C)CCCS(=O)(=O)[O-])c1c(F)c(F)c(OCCCCS)c(F)c1F.[C-]#[N+]C(C)(C)CC(CC(C)(SC(=O)c1ccccc1)C(=O)NCCC[N+](C)(C)CCCS(=O)(=O)[O-])c1c(F)c(F)c(OCCCCSC(=O)c2ccccc2)c(F)c1F. The Bertz CT molecular complexity index is 3740. The Morgan fingerprint density at radius 1 is 0.529 bits per heavy atom. The Labute approximate surface area is 615 Å². The zero-order valence-electron chi connectivity index (χ0n) is 59.1. The number of quaternary nitrogens is 2. The maximum Gasteiger partial charge on any atom is 0.236 e. The van der Waals surface area contributed by atoms with E-state index in [-0.39, 0.29) is 75.5 Å². The molecular weight excluding hydrogens is 1460 g/mol. The van der Waals surface area contributed by atoms with Crippen LogP contribution in [0, 0.1) is 59.7 Å². The van der Waals surface area contributed by atoms with Gasteiger partial charge < -0.3 is 47.9 Å². The van der Waals surface area contributed by atoms with Gasteiger partial charge in [-0.05, 0) is 70.0 Å². The highest BCUT2D eigenvalue weighted by molar-refractivity contribution is 8.15. The van der Waals surface area contributed by atoms with Crippen LogP contribution in [-0.2, 0) is 29.8 Å². The van der Waals surface area contributed by atoms with Gasteiger partial charge in [0, 0.05) is 119 Å². The number of benzene rings is 4. The molecule has 32 heteroatoms.